The molecule has 0 unspecified atom stereocenters. The lowest BCUT2D eigenvalue weighted by Gasteiger charge is -2.19. The molecule has 34 heavy (non-hydrogen) atoms. The number of benzene rings is 2. The fourth-order valence-electron chi connectivity index (χ4n) is 3.59. The Morgan fingerprint density at radius 2 is 1.85 bits per heavy atom. The maximum Gasteiger partial charge on any atom is 0.323 e. The molecule has 1 atom stereocenters. The highest BCUT2D eigenvalue weighted by atomic mass is 79.9. The minimum absolute atomic E-state index is 0.177. The van der Waals surface area contributed by atoms with E-state index in [9.17, 15) is 9.90 Å². The van der Waals surface area contributed by atoms with E-state index in [0.29, 0.717) is 36.1 Å². The topological polar surface area (TPSA) is 123 Å². The normalized spacial score (nSPS) is 13.4. The number of aliphatic carboxylic acids is 1. The number of carboxylic acid groups (broad SMARTS) is 1. The first kappa shape index (κ1) is 23.9. The summed E-state index contributed by atoms with van der Waals surface area (Å²) in [6.07, 6.45) is 0. The fourth-order valence-corrected chi connectivity index (χ4v) is 4.16. The summed E-state index contributed by atoms with van der Waals surface area (Å²) in [5.74, 6) is 0.845. The van der Waals surface area contributed by atoms with Crippen molar-refractivity contribution in [3.05, 3.63) is 57.8 Å². The lowest BCUT2D eigenvalue weighted by Crippen LogP contribution is -2.39. The van der Waals surface area contributed by atoms with Gasteiger partial charge in [0.25, 0.3) is 0 Å². The van der Waals surface area contributed by atoms with E-state index >= 15 is 0 Å². The number of aliphatic hydroxyl groups excluding tert-OH is 1. The lowest BCUT2D eigenvalue weighted by molar-refractivity contribution is -0.140. The van der Waals surface area contributed by atoms with Gasteiger partial charge >= 0.3 is 12.0 Å². The molecular weight excluding hydrogens is 506 g/mol. The number of rotatable bonds is 8. The smallest absolute Gasteiger partial charge is 0.323 e. The third-order valence-corrected chi connectivity index (χ3v) is 6.24. The van der Waals surface area contributed by atoms with E-state index in [2.05, 4.69) is 31.2 Å². The van der Waals surface area contributed by atoms with E-state index in [-0.39, 0.29) is 12.6 Å². The van der Waals surface area contributed by atoms with Crippen molar-refractivity contribution in [3.8, 4) is 34.4 Å². The standard InChI is InChI=1S/C24H24BrN3O6/c1-13-17(11-26-18(12-29)23(30)31)14(2)28-24(27-13)34-20-5-3-4-16(22(20)25)15-6-7-19-21(10-15)33-9-8-32-19/h3-7,10,18,26,29H,8-9,11-12H2,1-2H3,(H,30,31)/t18-/m0/s1. The molecule has 1 aliphatic heterocycles. The highest BCUT2D eigenvalue weighted by Gasteiger charge is 2.19. The van der Waals surface area contributed by atoms with Crippen LogP contribution < -0.4 is 19.5 Å². The van der Waals surface area contributed by atoms with Crippen molar-refractivity contribution in [1.29, 1.82) is 0 Å². The molecular formula is C24H24BrN3O6. The number of carboxylic acids is 1. The van der Waals surface area contributed by atoms with Gasteiger partial charge in [0.15, 0.2) is 11.5 Å². The second-order valence-electron chi connectivity index (χ2n) is 7.69. The minimum Gasteiger partial charge on any atom is -0.486 e. The van der Waals surface area contributed by atoms with Gasteiger partial charge < -0.3 is 24.4 Å². The third kappa shape index (κ3) is 5.14. The van der Waals surface area contributed by atoms with Gasteiger partial charge in [0.05, 0.1) is 11.1 Å². The Morgan fingerprint density at radius 3 is 2.53 bits per heavy atom. The molecule has 0 amide bonds. The Balaban J connectivity index is 1.56. The Kier molecular flexibility index (Phi) is 7.30. The van der Waals surface area contributed by atoms with E-state index in [1.807, 2.05) is 36.4 Å². The monoisotopic (exact) mass is 529 g/mol. The minimum atomic E-state index is -1.12. The molecule has 0 bridgehead atoms. The number of fused-ring (bicyclic) bond motifs is 1. The summed E-state index contributed by atoms with van der Waals surface area (Å²) in [6, 6.07) is 10.6. The number of carbonyl (C=O) groups is 1. The summed E-state index contributed by atoms with van der Waals surface area (Å²) in [5, 5.41) is 21.1. The van der Waals surface area contributed by atoms with Crippen LogP contribution in [0.15, 0.2) is 40.9 Å². The number of nitrogens with one attached hydrogen (secondary N) is 1. The van der Waals surface area contributed by atoms with Gasteiger partial charge in [-0.3, -0.25) is 10.1 Å². The Labute approximate surface area is 204 Å². The molecule has 2 heterocycles. The zero-order chi connectivity index (χ0) is 24.2. The summed E-state index contributed by atoms with van der Waals surface area (Å²) in [4.78, 5) is 20.0. The van der Waals surface area contributed by atoms with Crippen molar-refractivity contribution < 1.29 is 29.2 Å². The average molecular weight is 530 g/mol. The molecule has 4 rings (SSSR count). The highest BCUT2D eigenvalue weighted by molar-refractivity contribution is 9.10. The first-order valence-corrected chi connectivity index (χ1v) is 11.4. The van der Waals surface area contributed by atoms with Gasteiger partial charge in [-0.2, -0.15) is 9.97 Å². The molecule has 178 valence electrons. The third-order valence-electron chi connectivity index (χ3n) is 5.42. The Morgan fingerprint density at radius 1 is 1.15 bits per heavy atom. The number of ether oxygens (including phenoxy) is 3. The molecule has 0 radical (unpaired) electrons. The summed E-state index contributed by atoms with van der Waals surface area (Å²) in [7, 11) is 0. The SMILES string of the molecule is Cc1nc(Oc2cccc(-c3ccc4c(c3)OCCO4)c2Br)nc(C)c1CN[C@@H](CO)C(=O)O. The van der Waals surface area contributed by atoms with E-state index in [0.717, 1.165) is 26.9 Å². The Bertz CT molecular complexity index is 1200. The summed E-state index contributed by atoms with van der Waals surface area (Å²) in [5.41, 5.74) is 3.89. The number of hydrogen-bond donors (Lipinski definition) is 3. The quantitative estimate of drug-likeness (QED) is 0.401. The zero-order valence-electron chi connectivity index (χ0n) is 18.7. The number of aryl methyl sites for hydroxylation is 2. The fraction of sp³-hybridized carbons (Fsp3) is 0.292. The first-order chi connectivity index (χ1) is 16.4. The van der Waals surface area contributed by atoms with Crippen LogP contribution >= 0.6 is 15.9 Å². The summed E-state index contributed by atoms with van der Waals surface area (Å²) in [6.45, 7) is 4.34. The maximum atomic E-state index is 11.1. The van der Waals surface area contributed by atoms with Gasteiger partial charge in [0.1, 0.15) is 25.0 Å². The van der Waals surface area contributed by atoms with Crippen LogP contribution in [0.5, 0.6) is 23.3 Å². The van der Waals surface area contributed by atoms with Gasteiger partial charge in [0.2, 0.25) is 0 Å². The van der Waals surface area contributed by atoms with Gasteiger partial charge in [-0.25, -0.2) is 0 Å². The van der Waals surface area contributed by atoms with Crippen LogP contribution in [0.25, 0.3) is 11.1 Å². The molecule has 9 nitrogen and oxygen atoms in total. The molecule has 0 fully saturated rings. The van der Waals surface area contributed by atoms with Crippen molar-refractivity contribution >= 4 is 21.9 Å². The molecule has 0 saturated carbocycles. The predicted molar refractivity (Wildman–Crippen MR) is 127 cm³/mol. The number of aliphatic hydroxyl groups is 1. The van der Waals surface area contributed by atoms with Gasteiger partial charge in [-0.05, 0) is 59.1 Å². The van der Waals surface area contributed by atoms with Crippen molar-refractivity contribution in [2.24, 2.45) is 0 Å². The largest absolute Gasteiger partial charge is 0.486 e. The molecule has 3 N–H and O–H groups in total. The van der Waals surface area contributed by atoms with E-state index in [1.165, 1.54) is 0 Å². The van der Waals surface area contributed by atoms with Gasteiger partial charge in [-0.1, -0.05) is 18.2 Å². The highest BCUT2D eigenvalue weighted by Crippen LogP contribution is 2.40. The molecule has 1 aliphatic rings. The molecule has 3 aromatic rings. The lowest BCUT2D eigenvalue weighted by atomic mass is 10.0. The van der Waals surface area contributed by atoms with Crippen LogP contribution in [0.4, 0.5) is 0 Å². The second kappa shape index (κ2) is 10.4. The van der Waals surface area contributed by atoms with Crippen molar-refractivity contribution in [3.63, 3.8) is 0 Å². The molecule has 0 saturated heterocycles. The van der Waals surface area contributed by atoms with Crippen molar-refractivity contribution in [2.75, 3.05) is 19.8 Å². The number of hydrogen-bond acceptors (Lipinski definition) is 8. The van der Waals surface area contributed by atoms with Gasteiger partial charge in [0, 0.05) is 23.5 Å². The number of aromatic nitrogens is 2. The summed E-state index contributed by atoms with van der Waals surface area (Å²) < 4.78 is 18.0. The van der Waals surface area contributed by atoms with Gasteiger partial charge in [-0.15, -0.1) is 0 Å². The summed E-state index contributed by atoms with van der Waals surface area (Å²) >= 11 is 3.64. The molecule has 10 heteroatoms. The van der Waals surface area contributed by atoms with E-state index in [4.69, 9.17) is 19.3 Å². The van der Waals surface area contributed by atoms with E-state index in [1.54, 1.807) is 13.8 Å². The second-order valence-corrected chi connectivity index (χ2v) is 8.48. The van der Waals surface area contributed by atoms with Crippen LogP contribution in [0.3, 0.4) is 0 Å². The van der Waals surface area contributed by atoms with E-state index < -0.39 is 18.6 Å². The van der Waals surface area contributed by atoms with Crippen molar-refractivity contribution in [1.82, 2.24) is 15.3 Å². The molecule has 1 aromatic heterocycles. The first-order valence-electron chi connectivity index (χ1n) is 10.6. The predicted octanol–water partition coefficient (Wildman–Crippen LogP) is 3.62. The zero-order valence-corrected chi connectivity index (χ0v) is 20.3. The van der Waals surface area contributed by atoms with Crippen molar-refractivity contribution in [2.45, 2.75) is 26.4 Å². The maximum absolute atomic E-state index is 11.1. The molecule has 0 aliphatic carbocycles. The number of halogens is 1. The van der Waals surface area contributed by atoms with Crippen LogP contribution in [-0.4, -0.2) is 52.0 Å². The van der Waals surface area contributed by atoms with Crippen LogP contribution in [0.1, 0.15) is 17.0 Å². The van der Waals surface area contributed by atoms with Crippen LogP contribution in [0.2, 0.25) is 0 Å². The number of nitrogens with zero attached hydrogens (tertiary/aromatic N) is 2. The van der Waals surface area contributed by atoms with Crippen LogP contribution in [0, 0.1) is 13.8 Å². The molecule has 2 aromatic carbocycles. The average Bonchev–Trinajstić information content (AvgIpc) is 2.82. The molecule has 0 spiro atoms. The Hall–Kier alpha value is -3.21. The van der Waals surface area contributed by atoms with Crippen LogP contribution in [-0.2, 0) is 11.3 Å².